The van der Waals surface area contributed by atoms with Crippen molar-refractivity contribution in [2.45, 2.75) is 13.2 Å². The molecule has 108 valence electrons. The predicted molar refractivity (Wildman–Crippen MR) is 66.8 cm³/mol. The van der Waals surface area contributed by atoms with E-state index in [9.17, 15) is 13.6 Å². The van der Waals surface area contributed by atoms with E-state index in [4.69, 9.17) is 0 Å². The molecule has 0 saturated carbocycles. The van der Waals surface area contributed by atoms with Crippen LogP contribution < -0.4 is 20.1 Å². The number of halogens is 2. The van der Waals surface area contributed by atoms with Gasteiger partial charge in [0, 0.05) is 18.3 Å². The molecule has 0 radical (unpaired) electrons. The molecule has 2 atom stereocenters. The third-order valence-corrected chi connectivity index (χ3v) is 3.52. The van der Waals surface area contributed by atoms with Crippen molar-refractivity contribution in [2.24, 2.45) is 11.8 Å². The Morgan fingerprint density at radius 3 is 2.80 bits per heavy atom. The van der Waals surface area contributed by atoms with Gasteiger partial charge in [-0.2, -0.15) is 0 Å². The van der Waals surface area contributed by atoms with Crippen LogP contribution in [-0.4, -0.2) is 25.3 Å². The maximum atomic E-state index is 12.9. The molecule has 0 spiro atoms. The summed E-state index contributed by atoms with van der Waals surface area (Å²) in [6, 6.07) is 4.19. The highest BCUT2D eigenvalue weighted by Gasteiger charge is 2.43. The fourth-order valence-electron chi connectivity index (χ4n) is 2.42. The van der Waals surface area contributed by atoms with Crippen LogP contribution in [0.25, 0.3) is 0 Å². The standard InChI is InChI=1S/C13H14F2N2O3/c1-7-5-16-6-9(7)12(18)17-8-2-3-10-11(4-8)20-13(14,15)19-10/h2-4,7,9,16H,5-6H2,1H3,(H,17,18)/t7-,9-/m1/s1. The highest BCUT2D eigenvalue weighted by Crippen LogP contribution is 2.42. The van der Waals surface area contributed by atoms with Crippen LogP contribution in [0.3, 0.4) is 0 Å². The predicted octanol–water partition coefficient (Wildman–Crippen LogP) is 1.80. The van der Waals surface area contributed by atoms with Crippen molar-refractivity contribution < 1.29 is 23.0 Å². The van der Waals surface area contributed by atoms with Gasteiger partial charge in [-0.15, -0.1) is 8.78 Å². The minimum atomic E-state index is -3.64. The normalized spacial score (nSPS) is 26.6. The maximum absolute atomic E-state index is 12.9. The fraction of sp³-hybridized carbons (Fsp3) is 0.462. The van der Waals surface area contributed by atoms with Crippen LogP contribution >= 0.6 is 0 Å². The molecule has 2 N–H and O–H groups in total. The third-order valence-electron chi connectivity index (χ3n) is 3.52. The van der Waals surface area contributed by atoms with Crippen molar-refractivity contribution in [3.05, 3.63) is 18.2 Å². The number of carbonyl (C=O) groups excluding carboxylic acids is 1. The SMILES string of the molecule is C[C@@H]1CNC[C@H]1C(=O)Nc1ccc2c(c1)OC(F)(F)O2. The molecule has 1 saturated heterocycles. The first-order chi connectivity index (χ1) is 9.44. The molecule has 1 amide bonds. The summed E-state index contributed by atoms with van der Waals surface area (Å²) in [5, 5.41) is 5.85. The molecule has 0 unspecified atom stereocenters. The first kappa shape index (κ1) is 13.1. The van der Waals surface area contributed by atoms with E-state index < -0.39 is 6.29 Å². The van der Waals surface area contributed by atoms with Crippen molar-refractivity contribution in [1.82, 2.24) is 5.32 Å². The number of fused-ring (bicyclic) bond motifs is 1. The van der Waals surface area contributed by atoms with Crippen molar-refractivity contribution in [1.29, 1.82) is 0 Å². The third kappa shape index (κ3) is 2.40. The monoisotopic (exact) mass is 284 g/mol. The van der Waals surface area contributed by atoms with Gasteiger partial charge in [-0.25, -0.2) is 0 Å². The maximum Gasteiger partial charge on any atom is 0.586 e. The number of ether oxygens (including phenoxy) is 2. The minimum absolute atomic E-state index is 0.0381. The smallest absolute Gasteiger partial charge is 0.395 e. The highest BCUT2D eigenvalue weighted by molar-refractivity contribution is 5.93. The van der Waals surface area contributed by atoms with Gasteiger partial charge in [0.15, 0.2) is 11.5 Å². The van der Waals surface area contributed by atoms with E-state index in [0.717, 1.165) is 6.54 Å². The molecule has 1 aromatic carbocycles. The first-order valence-corrected chi connectivity index (χ1v) is 6.36. The van der Waals surface area contributed by atoms with Gasteiger partial charge in [0.2, 0.25) is 5.91 Å². The molecule has 1 aromatic rings. The van der Waals surface area contributed by atoms with Gasteiger partial charge in [0.25, 0.3) is 0 Å². The van der Waals surface area contributed by atoms with Gasteiger partial charge in [-0.3, -0.25) is 4.79 Å². The molecule has 3 rings (SSSR count). The Kier molecular flexibility index (Phi) is 3.01. The van der Waals surface area contributed by atoms with Gasteiger partial charge < -0.3 is 20.1 Å². The molecule has 0 bridgehead atoms. The zero-order valence-corrected chi connectivity index (χ0v) is 10.8. The molecule has 2 aliphatic heterocycles. The zero-order valence-electron chi connectivity index (χ0n) is 10.8. The number of nitrogens with one attached hydrogen (secondary N) is 2. The van der Waals surface area contributed by atoms with Crippen LogP contribution in [0.4, 0.5) is 14.5 Å². The van der Waals surface area contributed by atoms with Crippen molar-refractivity contribution in [2.75, 3.05) is 18.4 Å². The van der Waals surface area contributed by atoms with Gasteiger partial charge in [0.05, 0.1) is 5.92 Å². The van der Waals surface area contributed by atoms with Crippen LogP contribution in [-0.2, 0) is 4.79 Å². The Bertz CT molecular complexity index is 550. The topological polar surface area (TPSA) is 59.6 Å². The average molecular weight is 284 g/mol. The lowest BCUT2D eigenvalue weighted by atomic mass is 9.97. The fourth-order valence-corrected chi connectivity index (χ4v) is 2.42. The van der Waals surface area contributed by atoms with Crippen LogP contribution in [0.15, 0.2) is 18.2 Å². The number of amides is 1. The lowest BCUT2D eigenvalue weighted by molar-refractivity contribution is -0.286. The molecule has 2 heterocycles. The van der Waals surface area contributed by atoms with Crippen molar-refractivity contribution in [3.63, 3.8) is 0 Å². The zero-order chi connectivity index (χ0) is 14.3. The lowest BCUT2D eigenvalue weighted by Gasteiger charge is -2.14. The quantitative estimate of drug-likeness (QED) is 0.869. The van der Waals surface area contributed by atoms with Crippen LogP contribution in [0.5, 0.6) is 11.5 Å². The van der Waals surface area contributed by atoms with E-state index in [0.29, 0.717) is 12.2 Å². The molecule has 0 aromatic heterocycles. The molecular weight excluding hydrogens is 270 g/mol. The second-order valence-electron chi connectivity index (χ2n) is 5.06. The summed E-state index contributed by atoms with van der Waals surface area (Å²) in [6.07, 6.45) is -3.64. The van der Waals surface area contributed by atoms with E-state index in [2.05, 4.69) is 20.1 Å². The van der Waals surface area contributed by atoms with E-state index in [1.807, 2.05) is 6.92 Å². The molecule has 2 aliphatic rings. The lowest BCUT2D eigenvalue weighted by Crippen LogP contribution is -2.27. The highest BCUT2D eigenvalue weighted by atomic mass is 19.3. The van der Waals surface area contributed by atoms with E-state index in [1.165, 1.54) is 18.2 Å². The second kappa shape index (κ2) is 4.59. The molecular formula is C13H14F2N2O3. The molecule has 7 heteroatoms. The molecule has 1 fully saturated rings. The van der Waals surface area contributed by atoms with Crippen molar-refractivity contribution >= 4 is 11.6 Å². The average Bonchev–Trinajstić information content (AvgIpc) is 2.90. The van der Waals surface area contributed by atoms with Crippen LogP contribution in [0.2, 0.25) is 0 Å². The Morgan fingerprint density at radius 2 is 2.10 bits per heavy atom. The van der Waals surface area contributed by atoms with Crippen LogP contribution in [0.1, 0.15) is 6.92 Å². The summed E-state index contributed by atoms with van der Waals surface area (Å²) in [5.74, 6) is -0.127. The number of hydrogen-bond acceptors (Lipinski definition) is 4. The number of anilines is 1. The van der Waals surface area contributed by atoms with Crippen molar-refractivity contribution in [3.8, 4) is 11.5 Å². The minimum Gasteiger partial charge on any atom is -0.395 e. The first-order valence-electron chi connectivity index (χ1n) is 6.36. The molecule has 5 nitrogen and oxygen atoms in total. The summed E-state index contributed by atoms with van der Waals surface area (Å²) in [4.78, 5) is 12.1. The summed E-state index contributed by atoms with van der Waals surface area (Å²) in [5.41, 5.74) is 0.411. The van der Waals surface area contributed by atoms with Gasteiger partial charge in [-0.05, 0) is 24.6 Å². The number of rotatable bonds is 2. The molecule has 20 heavy (non-hydrogen) atoms. The second-order valence-corrected chi connectivity index (χ2v) is 5.06. The van der Waals surface area contributed by atoms with Gasteiger partial charge >= 0.3 is 6.29 Å². The Morgan fingerprint density at radius 1 is 1.35 bits per heavy atom. The Balaban J connectivity index is 1.72. The van der Waals surface area contributed by atoms with Crippen LogP contribution in [0, 0.1) is 11.8 Å². The number of benzene rings is 1. The number of carbonyl (C=O) groups is 1. The van der Waals surface area contributed by atoms with Gasteiger partial charge in [0.1, 0.15) is 0 Å². The summed E-state index contributed by atoms with van der Waals surface area (Å²) < 4.78 is 34.4. The molecule has 0 aliphatic carbocycles. The van der Waals surface area contributed by atoms with E-state index >= 15 is 0 Å². The number of alkyl halides is 2. The number of hydrogen-bond donors (Lipinski definition) is 2. The summed E-state index contributed by atoms with van der Waals surface area (Å²) >= 11 is 0. The summed E-state index contributed by atoms with van der Waals surface area (Å²) in [6.45, 7) is 3.41. The summed E-state index contributed by atoms with van der Waals surface area (Å²) in [7, 11) is 0. The Labute approximate surface area is 114 Å². The van der Waals surface area contributed by atoms with E-state index in [-0.39, 0.29) is 29.2 Å². The van der Waals surface area contributed by atoms with Gasteiger partial charge in [-0.1, -0.05) is 6.92 Å². The van der Waals surface area contributed by atoms with E-state index in [1.54, 1.807) is 0 Å². The Hall–Kier alpha value is -1.89. The largest absolute Gasteiger partial charge is 0.586 e.